The Bertz CT molecular complexity index is 847. The van der Waals surface area contributed by atoms with E-state index in [-0.39, 0.29) is 18.1 Å². The lowest BCUT2D eigenvalue weighted by Gasteiger charge is -2.04. The Balaban J connectivity index is 2.07. The number of aromatic nitrogens is 6. The molecule has 3 heterocycles. The molecule has 0 bridgehead atoms. The molecule has 3 aromatic rings. The fourth-order valence-corrected chi connectivity index (χ4v) is 2.12. The minimum atomic E-state index is -0.294. The minimum Gasteiger partial charge on any atom is -0.382 e. The Morgan fingerprint density at radius 1 is 1.24 bits per heavy atom. The van der Waals surface area contributed by atoms with E-state index in [0.717, 1.165) is 12.1 Å². The van der Waals surface area contributed by atoms with E-state index in [2.05, 4.69) is 24.9 Å². The predicted molar refractivity (Wildman–Crippen MR) is 77.8 cm³/mol. The average Bonchev–Trinajstić information content (AvgIpc) is 2.77. The van der Waals surface area contributed by atoms with Crippen LogP contribution in [0.3, 0.4) is 0 Å². The van der Waals surface area contributed by atoms with E-state index in [1.807, 2.05) is 6.92 Å². The number of hydrogen-bond donors (Lipinski definition) is 2. The normalized spacial score (nSPS) is 11.1. The number of nitrogens with one attached hydrogen (secondary N) is 1. The summed E-state index contributed by atoms with van der Waals surface area (Å²) >= 11 is 0. The average molecular weight is 285 g/mol. The van der Waals surface area contributed by atoms with Crippen LogP contribution in [-0.2, 0) is 13.0 Å². The van der Waals surface area contributed by atoms with Crippen molar-refractivity contribution in [3.8, 4) is 0 Å². The first kappa shape index (κ1) is 13.2. The van der Waals surface area contributed by atoms with Crippen molar-refractivity contribution >= 4 is 17.0 Å². The Hall–Kier alpha value is -2.77. The van der Waals surface area contributed by atoms with Crippen LogP contribution in [-0.4, -0.2) is 29.5 Å². The molecule has 8 nitrogen and oxygen atoms in total. The van der Waals surface area contributed by atoms with Gasteiger partial charge in [-0.15, -0.1) is 0 Å². The molecule has 0 atom stereocenters. The van der Waals surface area contributed by atoms with Crippen LogP contribution in [0.1, 0.15) is 24.1 Å². The molecule has 3 aromatic heterocycles. The van der Waals surface area contributed by atoms with Gasteiger partial charge in [-0.3, -0.25) is 14.5 Å². The van der Waals surface area contributed by atoms with Crippen molar-refractivity contribution in [2.24, 2.45) is 0 Å². The van der Waals surface area contributed by atoms with Crippen molar-refractivity contribution < 1.29 is 0 Å². The summed E-state index contributed by atoms with van der Waals surface area (Å²) in [5, 5.41) is 0. The molecule has 0 unspecified atom stereocenters. The van der Waals surface area contributed by atoms with Gasteiger partial charge in [0.05, 0.1) is 24.1 Å². The fraction of sp³-hybridized carbons (Fsp3) is 0.308. The van der Waals surface area contributed by atoms with Crippen LogP contribution in [0.4, 0.5) is 5.82 Å². The van der Waals surface area contributed by atoms with Gasteiger partial charge < -0.3 is 10.7 Å². The maximum absolute atomic E-state index is 12.1. The van der Waals surface area contributed by atoms with E-state index >= 15 is 0 Å². The minimum absolute atomic E-state index is 0.265. The molecule has 0 aliphatic heterocycles. The molecule has 108 valence electrons. The van der Waals surface area contributed by atoms with Crippen molar-refractivity contribution in [1.82, 2.24) is 29.5 Å². The van der Waals surface area contributed by atoms with Gasteiger partial charge in [-0.05, 0) is 13.3 Å². The summed E-state index contributed by atoms with van der Waals surface area (Å²) < 4.78 is 1.48. The largest absolute Gasteiger partial charge is 0.382 e. The summed E-state index contributed by atoms with van der Waals surface area (Å²) in [6.45, 7) is 4.02. The standard InChI is InChI=1S/C13H15N7O/c1-3-8-4-16-9(5-15-8)6-20-12-10(19-13(20)21)11(14)17-7(2)18-12/h4-5H,3,6H2,1-2H3,(H,19,21)(H2,14,17,18). The molecule has 0 saturated heterocycles. The van der Waals surface area contributed by atoms with E-state index in [4.69, 9.17) is 5.73 Å². The summed E-state index contributed by atoms with van der Waals surface area (Å²) in [7, 11) is 0. The maximum atomic E-state index is 12.1. The number of rotatable bonds is 3. The zero-order valence-electron chi connectivity index (χ0n) is 11.8. The number of nitrogens with two attached hydrogens (primary N) is 1. The van der Waals surface area contributed by atoms with E-state index in [0.29, 0.717) is 22.7 Å². The van der Waals surface area contributed by atoms with Gasteiger partial charge in [0.1, 0.15) is 11.3 Å². The molecular weight excluding hydrogens is 270 g/mol. The summed E-state index contributed by atoms with van der Waals surface area (Å²) in [6.07, 6.45) is 4.20. The molecule has 0 aliphatic rings. The van der Waals surface area contributed by atoms with Crippen LogP contribution >= 0.6 is 0 Å². The highest BCUT2D eigenvalue weighted by Crippen LogP contribution is 2.14. The number of imidazole rings is 1. The second kappa shape index (κ2) is 4.97. The Morgan fingerprint density at radius 3 is 2.62 bits per heavy atom. The highest BCUT2D eigenvalue weighted by molar-refractivity contribution is 5.81. The van der Waals surface area contributed by atoms with Crippen LogP contribution < -0.4 is 11.4 Å². The third-order valence-electron chi connectivity index (χ3n) is 3.20. The van der Waals surface area contributed by atoms with Gasteiger partial charge in [0.15, 0.2) is 11.5 Å². The van der Waals surface area contributed by atoms with E-state index < -0.39 is 0 Å². The molecule has 3 rings (SSSR count). The van der Waals surface area contributed by atoms with Crippen molar-refractivity contribution in [1.29, 1.82) is 0 Å². The maximum Gasteiger partial charge on any atom is 0.328 e. The summed E-state index contributed by atoms with van der Waals surface area (Å²) in [4.78, 5) is 31.6. The van der Waals surface area contributed by atoms with Gasteiger partial charge in [0.2, 0.25) is 0 Å². The Morgan fingerprint density at radius 2 is 1.95 bits per heavy atom. The van der Waals surface area contributed by atoms with Crippen molar-refractivity contribution in [2.75, 3.05) is 5.73 Å². The molecule has 21 heavy (non-hydrogen) atoms. The molecule has 0 saturated carbocycles. The Kier molecular flexibility index (Phi) is 3.13. The van der Waals surface area contributed by atoms with Crippen LogP contribution in [0.25, 0.3) is 11.2 Å². The topological polar surface area (TPSA) is 115 Å². The zero-order chi connectivity index (χ0) is 15.0. The highest BCUT2D eigenvalue weighted by atomic mass is 16.1. The molecule has 0 fully saturated rings. The second-order valence-corrected chi connectivity index (χ2v) is 4.72. The van der Waals surface area contributed by atoms with Crippen LogP contribution in [0.15, 0.2) is 17.2 Å². The zero-order valence-corrected chi connectivity index (χ0v) is 11.8. The van der Waals surface area contributed by atoms with Crippen LogP contribution in [0.2, 0.25) is 0 Å². The van der Waals surface area contributed by atoms with Crippen molar-refractivity contribution in [3.63, 3.8) is 0 Å². The van der Waals surface area contributed by atoms with Crippen LogP contribution in [0, 0.1) is 6.92 Å². The molecule has 3 N–H and O–H groups in total. The van der Waals surface area contributed by atoms with E-state index in [1.54, 1.807) is 19.3 Å². The third kappa shape index (κ3) is 2.35. The fourth-order valence-electron chi connectivity index (χ4n) is 2.12. The second-order valence-electron chi connectivity index (χ2n) is 4.72. The van der Waals surface area contributed by atoms with Crippen molar-refractivity contribution in [2.45, 2.75) is 26.8 Å². The number of fused-ring (bicyclic) bond motifs is 1. The van der Waals surface area contributed by atoms with E-state index in [9.17, 15) is 4.79 Å². The van der Waals surface area contributed by atoms with Gasteiger partial charge >= 0.3 is 5.69 Å². The smallest absolute Gasteiger partial charge is 0.328 e. The van der Waals surface area contributed by atoms with E-state index in [1.165, 1.54) is 4.57 Å². The lowest BCUT2D eigenvalue weighted by molar-refractivity contribution is 0.746. The lowest BCUT2D eigenvalue weighted by Crippen LogP contribution is -2.18. The number of nitrogens with zero attached hydrogens (tertiary/aromatic N) is 5. The molecule has 0 amide bonds. The van der Waals surface area contributed by atoms with Gasteiger partial charge in [0, 0.05) is 6.20 Å². The van der Waals surface area contributed by atoms with Gasteiger partial charge in [0.25, 0.3) is 0 Å². The number of H-pyrrole nitrogens is 1. The molecule has 0 aliphatic carbocycles. The third-order valence-corrected chi connectivity index (χ3v) is 3.20. The first-order chi connectivity index (χ1) is 10.1. The number of hydrogen-bond acceptors (Lipinski definition) is 6. The van der Waals surface area contributed by atoms with Gasteiger partial charge in [-0.2, -0.15) is 0 Å². The number of nitrogen functional groups attached to an aromatic ring is 1. The first-order valence-electron chi connectivity index (χ1n) is 6.61. The van der Waals surface area contributed by atoms with Crippen LogP contribution in [0.5, 0.6) is 0 Å². The number of aromatic amines is 1. The number of anilines is 1. The van der Waals surface area contributed by atoms with Gasteiger partial charge in [-0.1, -0.05) is 6.92 Å². The molecule has 8 heteroatoms. The molecule has 0 aromatic carbocycles. The summed E-state index contributed by atoms with van der Waals surface area (Å²) in [5.74, 6) is 0.779. The monoisotopic (exact) mass is 285 g/mol. The first-order valence-corrected chi connectivity index (χ1v) is 6.61. The molecule has 0 radical (unpaired) electrons. The van der Waals surface area contributed by atoms with Gasteiger partial charge in [-0.25, -0.2) is 14.8 Å². The Labute approximate surface area is 120 Å². The lowest BCUT2D eigenvalue weighted by atomic mass is 10.3. The quantitative estimate of drug-likeness (QED) is 0.720. The summed E-state index contributed by atoms with van der Waals surface area (Å²) in [5.41, 5.74) is 8.04. The molecule has 0 spiro atoms. The SMILES string of the molecule is CCc1cnc(Cn2c(=O)[nH]c3c(N)nc(C)nc32)cn1. The summed E-state index contributed by atoms with van der Waals surface area (Å²) in [6, 6.07) is 0. The highest BCUT2D eigenvalue weighted by Gasteiger charge is 2.13. The number of aryl methyl sites for hydroxylation is 2. The molecular formula is C13H15N7O. The predicted octanol–water partition coefficient (Wildman–Crippen LogP) is 0.411. The van der Waals surface area contributed by atoms with Crippen molar-refractivity contribution in [3.05, 3.63) is 40.1 Å².